The number of carbonyl (C=O) groups is 1. The number of amides is 1. The quantitative estimate of drug-likeness (QED) is 0.702. The van der Waals surface area contributed by atoms with Gasteiger partial charge in [0.1, 0.15) is 10.7 Å². The maximum Gasteiger partial charge on any atom is 0.263 e. The molecule has 3 rings (SSSR count). The summed E-state index contributed by atoms with van der Waals surface area (Å²) in [7, 11) is 0. The average Bonchev–Trinajstić information content (AvgIpc) is 2.85. The van der Waals surface area contributed by atoms with Crippen molar-refractivity contribution in [2.24, 2.45) is 0 Å². The molecule has 5 heteroatoms. The molecular formula is C17H13ClFNOS. The Morgan fingerprint density at radius 2 is 1.86 bits per heavy atom. The first kappa shape index (κ1) is 15.0. The molecule has 1 amide bonds. The summed E-state index contributed by atoms with van der Waals surface area (Å²) in [4.78, 5) is 12.9. The molecule has 112 valence electrons. The van der Waals surface area contributed by atoms with Crippen molar-refractivity contribution in [1.82, 2.24) is 5.32 Å². The van der Waals surface area contributed by atoms with Crippen molar-refractivity contribution >= 4 is 38.9 Å². The Morgan fingerprint density at radius 1 is 1.18 bits per heavy atom. The third kappa shape index (κ3) is 2.72. The van der Waals surface area contributed by atoms with E-state index in [0.717, 1.165) is 10.1 Å². The highest BCUT2D eigenvalue weighted by atomic mass is 35.5. The van der Waals surface area contributed by atoms with Gasteiger partial charge in [0, 0.05) is 15.6 Å². The number of benzene rings is 2. The molecule has 0 aliphatic rings. The summed E-state index contributed by atoms with van der Waals surface area (Å²) in [6.45, 7) is 1.75. The van der Waals surface area contributed by atoms with Crippen molar-refractivity contribution < 1.29 is 9.18 Å². The van der Waals surface area contributed by atoms with Crippen LogP contribution in [0.4, 0.5) is 4.39 Å². The third-order valence-corrected chi connectivity index (χ3v) is 5.13. The first-order valence-corrected chi connectivity index (χ1v) is 7.99. The molecule has 3 aromatic rings. The van der Waals surface area contributed by atoms with Gasteiger partial charge in [-0.25, -0.2) is 4.39 Å². The molecule has 2 nitrogen and oxygen atoms in total. The van der Waals surface area contributed by atoms with Gasteiger partial charge in [0.2, 0.25) is 0 Å². The molecule has 0 fully saturated rings. The summed E-state index contributed by atoms with van der Waals surface area (Å²) in [5, 5.41) is 4.10. The van der Waals surface area contributed by atoms with E-state index in [1.807, 2.05) is 24.3 Å². The number of thiophene rings is 1. The smallest absolute Gasteiger partial charge is 0.263 e. The molecule has 0 spiro atoms. The van der Waals surface area contributed by atoms with Crippen LogP contribution in [0.15, 0.2) is 48.5 Å². The van der Waals surface area contributed by atoms with Crippen molar-refractivity contribution in [1.29, 1.82) is 0 Å². The fourth-order valence-electron chi connectivity index (χ4n) is 2.33. The van der Waals surface area contributed by atoms with E-state index in [9.17, 15) is 9.18 Å². The van der Waals surface area contributed by atoms with E-state index in [-0.39, 0.29) is 11.7 Å². The number of hydrogen-bond acceptors (Lipinski definition) is 2. The molecule has 1 atom stereocenters. The molecule has 0 bridgehead atoms. The molecule has 0 saturated heterocycles. The van der Waals surface area contributed by atoms with E-state index in [1.54, 1.807) is 25.1 Å². The normalized spacial score (nSPS) is 12.3. The van der Waals surface area contributed by atoms with Gasteiger partial charge in [-0.3, -0.25) is 4.79 Å². The lowest BCUT2D eigenvalue weighted by atomic mass is 10.1. The molecule has 1 N–H and O–H groups in total. The molecule has 22 heavy (non-hydrogen) atoms. The first-order valence-electron chi connectivity index (χ1n) is 6.80. The highest BCUT2D eigenvalue weighted by Gasteiger charge is 2.20. The fourth-order valence-corrected chi connectivity index (χ4v) is 3.75. The SMILES string of the molecule is C[C@H](NC(=O)c1sc2ccccc2c1Cl)c1ccccc1F. The van der Waals surface area contributed by atoms with E-state index in [4.69, 9.17) is 11.6 Å². The average molecular weight is 334 g/mol. The Kier molecular flexibility index (Phi) is 4.14. The molecular weight excluding hydrogens is 321 g/mol. The van der Waals surface area contributed by atoms with Gasteiger partial charge in [0.15, 0.2) is 0 Å². The number of nitrogens with one attached hydrogen (secondary N) is 1. The second kappa shape index (κ2) is 6.07. The minimum atomic E-state index is -0.435. The van der Waals surface area contributed by atoms with Crippen LogP contribution in [0.2, 0.25) is 5.02 Å². The van der Waals surface area contributed by atoms with Crippen molar-refractivity contribution in [3.63, 3.8) is 0 Å². The highest BCUT2D eigenvalue weighted by molar-refractivity contribution is 7.21. The van der Waals surface area contributed by atoms with Gasteiger partial charge < -0.3 is 5.32 Å². The third-order valence-electron chi connectivity index (χ3n) is 3.46. The van der Waals surface area contributed by atoms with Gasteiger partial charge in [-0.05, 0) is 19.1 Å². The minimum absolute atomic E-state index is 0.290. The Bertz CT molecular complexity index is 846. The second-order valence-corrected chi connectivity index (χ2v) is 6.39. The summed E-state index contributed by atoms with van der Waals surface area (Å²) < 4.78 is 14.7. The fraction of sp³-hybridized carbons (Fsp3) is 0.118. The standard InChI is InChI=1S/C17H13ClFNOS/c1-10(11-6-2-4-8-13(11)19)20-17(21)16-15(18)12-7-3-5-9-14(12)22-16/h2-10H,1H3,(H,20,21)/t10-/m0/s1. The first-order chi connectivity index (χ1) is 10.6. The molecule has 0 radical (unpaired) electrons. The lowest BCUT2D eigenvalue weighted by molar-refractivity contribution is 0.0943. The Balaban J connectivity index is 1.87. The maximum atomic E-state index is 13.8. The number of halogens is 2. The van der Waals surface area contributed by atoms with E-state index in [0.29, 0.717) is 15.5 Å². The Hall–Kier alpha value is -1.91. The predicted molar refractivity (Wildman–Crippen MR) is 89.1 cm³/mol. The summed E-state index contributed by atoms with van der Waals surface area (Å²) in [6, 6.07) is 13.5. The lowest BCUT2D eigenvalue weighted by Gasteiger charge is -2.14. The van der Waals surface area contributed by atoms with Crippen LogP contribution in [0.1, 0.15) is 28.2 Å². The van der Waals surface area contributed by atoms with Crippen LogP contribution >= 0.6 is 22.9 Å². The molecule has 1 aromatic heterocycles. The molecule has 2 aromatic carbocycles. The summed E-state index contributed by atoms with van der Waals surface area (Å²) in [5.41, 5.74) is 0.452. The van der Waals surface area contributed by atoms with E-state index >= 15 is 0 Å². The van der Waals surface area contributed by atoms with Crippen LogP contribution in [-0.2, 0) is 0 Å². The van der Waals surface area contributed by atoms with Gasteiger partial charge in [-0.1, -0.05) is 48.0 Å². The number of hydrogen-bond donors (Lipinski definition) is 1. The van der Waals surface area contributed by atoms with Gasteiger partial charge in [0.25, 0.3) is 5.91 Å². The summed E-state index contributed by atoms with van der Waals surface area (Å²) in [5.74, 6) is -0.625. The number of carbonyl (C=O) groups excluding carboxylic acids is 1. The van der Waals surface area contributed by atoms with E-state index in [1.165, 1.54) is 17.4 Å². The zero-order chi connectivity index (χ0) is 15.7. The monoisotopic (exact) mass is 333 g/mol. The number of fused-ring (bicyclic) bond motifs is 1. The summed E-state index contributed by atoms with van der Waals surface area (Å²) >= 11 is 7.62. The van der Waals surface area contributed by atoms with Crippen molar-refractivity contribution in [3.05, 3.63) is 69.8 Å². The predicted octanol–water partition coefficient (Wildman–Crippen LogP) is 5.18. The van der Waals surface area contributed by atoms with Gasteiger partial charge in [0.05, 0.1) is 11.1 Å². The molecule has 0 unspecified atom stereocenters. The largest absolute Gasteiger partial charge is 0.345 e. The molecule has 0 saturated carbocycles. The van der Waals surface area contributed by atoms with Crippen LogP contribution in [0, 0.1) is 5.82 Å². The highest BCUT2D eigenvalue weighted by Crippen LogP contribution is 2.35. The van der Waals surface area contributed by atoms with Crippen LogP contribution in [-0.4, -0.2) is 5.91 Å². The van der Waals surface area contributed by atoms with Crippen LogP contribution < -0.4 is 5.32 Å². The van der Waals surface area contributed by atoms with Crippen molar-refractivity contribution in [3.8, 4) is 0 Å². The van der Waals surface area contributed by atoms with Gasteiger partial charge in [-0.15, -0.1) is 11.3 Å². The van der Waals surface area contributed by atoms with Gasteiger partial charge in [-0.2, -0.15) is 0 Å². The minimum Gasteiger partial charge on any atom is -0.345 e. The van der Waals surface area contributed by atoms with Crippen molar-refractivity contribution in [2.45, 2.75) is 13.0 Å². The topological polar surface area (TPSA) is 29.1 Å². The molecule has 0 aliphatic heterocycles. The Labute approximate surface area is 136 Å². The van der Waals surface area contributed by atoms with E-state index in [2.05, 4.69) is 5.32 Å². The lowest BCUT2D eigenvalue weighted by Crippen LogP contribution is -2.26. The number of rotatable bonds is 3. The zero-order valence-corrected chi connectivity index (χ0v) is 13.3. The van der Waals surface area contributed by atoms with Gasteiger partial charge >= 0.3 is 0 Å². The Morgan fingerprint density at radius 3 is 2.59 bits per heavy atom. The van der Waals surface area contributed by atoms with Crippen LogP contribution in [0.3, 0.4) is 0 Å². The second-order valence-electron chi connectivity index (χ2n) is 4.96. The zero-order valence-electron chi connectivity index (χ0n) is 11.8. The molecule has 0 aliphatic carbocycles. The van der Waals surface area contributed by atoms with Crippen LogP contribution in [0.5, 0.6) is 0 Å². The maximum absolute atomic E-state index is 13.8. The van der Waals surface area contributed by atoms with Crippen molar-refractivity contribution in [2.75, 3.05) is 0 Å². The molecule has 1 heterocycles. The summed E-state index contributed by atoms with van der Waals surface area (Å²) in [6.07, 6.45) is 0. The van der Waals surface area contributed by atoms with E-state index < -0.39 is 6.04 Å². The van der Waals surface area contributed by atoms with Crippen LogP contribution in [0.25, 0.3) is 10.1 Å².